The van der Waals surface area contributed by atoms with E-state index in [1.165, 1.54) is 12.7 Å². The lowest BCUT2D eigenvalue weighted by atomic mass is 9.96. The molecule has 1 fully saturated rings. The number of nitrogens with zero attached hydrogens (tertiary/aromatic N) is 1. The molecule has 0 aliphatic carbocycles. The fourth-order valence-corrected chi connectivity index (χ4v) is 4.50. The minimum Gasteiger partial charge on any atom is -0.497 e. The van der Waals surface area contributed by atoms with E-state index in [2.05, 4.69) is 23.1 Å². The van der Waals surface area contributed by atoms with Crippen LogP contribution in [0, 0.1) is 0 Å². The Balaban J connectivity index is 1.66. The van der Waals surface area contributed by atoms with Gasteiger partial charge >= 0.3 is 5.97 Å². The Hall–Kier alpha value is -2.99. The summed E-state index contributed by atoms with van der Waals surface area (Å²) in [6, 6.07) is 12.2. The van der Waals surface area contributed by atoms with Crippen LogP contribution in [-0.2, 0) is 16.1 Å². The Labute approximate surface area is 168 Å². The van der Waals surface area contributed by atoms with E-state index in [-0.39, 0.29) is 18.8 Å². The van der Waals surface area contributed by atoms with Crippen LogP contribution in [0.25, 0.3) is 21.5 Å². The summed E-state index contributed by atoms with van der Waals surface area (Å²) < 4.78 is 21.7. The summed E-state index contributed by atoms with van der Waals surface area (Å²) in [4.78, 5) is 14.4. The molecule has 3 aromatic rings. The van der Waals surface area contributed by atoms with Gasteiger partial charge in [0.25, 0.3) is 0 Å². The Bertz CT molecular complexity index is 1110. The van der Waals surface area contributed by atoms with E-state index in [1.807, 2.05) is 18.2 Å². The van der Waals surface area contributed by atoms with Crippen molar-refractivity contribution in [3.05, 3.63) is 42.0 Å². The number of fused-ring (bicyclic) bond motifs is 4. The number of carbonyl (C=O) groups is 1. The van der Waals surface area contributed by atoms with Crippen molar-refractivity contribution < 1.29 is 23.7 Å². The molecule has 150 valence electrons. The van der Waals surface area contributed by atoms with Gasteiger partial charge in [-0.1, -0.05) is 6.07 Å². The van der Waals surface area contributed by atoms with Crippen molar-refractivity contribution in [2.75, 3.05) is 27.6 Å². The first kappa shape index (κ1) is 18.1. The third kappa shape index (κ3) is 3.04. The molecule has 2 aliphatic rings. The highest BCUT2D eigenvalue weighted by Gasteiger charge is 2.31. The number of methoxy groups -OCH3 is 2. The van der Waals surface area contributed by atoms with Gasteiger partial charge in [-0.25, -0.2) is 0 Å². The van der Waals surface area contributed by atoms with Crippen molar-refractivity contribution in [2.45, 2.75) is 25.4 Å². The normalized spacial score (nSPS) is 18.5. The Morgan fingerprint density at radius 2 is 1.90 bits per heavy atom. The molecular formula is C23H23NO5. The average Bonchev–Trinajstić information content (AvgIpc) is 3.40. The van der Waals surface area contributed by atoms with Gasteiger partial charge in [0.2, 0.25) is 6.79 Å². The maximum absolute atomic E-state index is 12.2. The smallest absolute Gasteiger partial charge is 0.323 e. The second-order valence-electron chi connectivity index (χ2n) is 7.53. The van der Waals surface area contributed by atoms with Gasteiger partial charge in [-0.05, 0) is 76.8 Å². The molecule has 1 atom stereocenters. The molecule has 0 radical (unpaired) electrons. The van der Waals surface area contributed by atoms with Crippen LogP contribution in [0.3, 0.4) is 0 Å². The first-order valence-corrected chi connectivity index (χ1v) is 9.83. The molecule has 2 heterocycles. The molecule has 6 nitrogen and oxygen atoms in total. The monoisotopic (exact) mass is 393 g/mol. The van der Waals surface area contributed by atoms with E-state index < -0.39 is 0 Å². The number of hydrogen-bond donors (Lipinski definition) is 0. The molecule has 0 amide bonds. The highest BCUT2D eigenvalue weighted by Crippen LogP contribution is 2.41. The summed E-state index contributed by atoms with van der Waals surface area (Å²) >= 11 is 0. The highest BCUT2D eigenvalue weighted by atomic mass is 16.7. The molecule has 29 heavy (non-hydrogen) atoms. The average molecular weight is 393 g/mol. The first-order valence-electron chi connectivity index (χ1n) is 9.83. The van der Waals surface area contributed by atoms with Gasteiger partial charge in [0.1, 0.15) is 11.8 Å². The molecule has 1 saturated heterocycles. The first-order chi connectivity index (χ1) is 14.2. The summed E-state index contributed by atoms with van der Waals surface area (Å²) in [5.41, 5.74) is 1.17. The van der Waals surface area contributed by atoms with E-state index in [9.17, 15) is 4.79 Å². The lowest BCUT2D eigenvalue weighted by Gasteiger charge is -2.23. The van der Waals surface area contributed by atoms with Crippen molar-refractivity contribution in [1.29, 1.82) is 0 Å². The Morgan fingerprint density at radius 1 is 1.07 bits per heavy atom. The summed E-state index contributed by atoms with van der Waals surface area (Å²) in [6.07, 6.45) is 1.84. The van der Waals surface area contributed by atoms with Gasteiger partial charge in [-0.2, -0.15) is 0 Å². The molecule has 0 spiro atoms. The molecule has 0 saturated carbocycles. The number of esters is 1. The number of benzene rings is 3. The summed E-state index contributed by atoms with van der Waals surface area (Å²) in [6.45, 7) is 1.82. The third-order valence-corrected chi connectivity index (χ3v) is 5.95. The second kappa shape index (κ2) is 7.12. The molecule has 5 rings (SSSR count). The maximum Gasteiger partial charge on any atom is 0.323 e. The van der Waals surface area contributed by atoms with Crippen LogP contribution in [0.4, 0.5) is 0 Å². The van der Waals surface area contributed by atoms with E-state index in [4.69, 9.17) is 18.9 Å². The lowest BCUT2D eigenvalue weighted by molar-refractivity contribution is -0.146. The van der Waals surface area contributed by atoms with Gasteiger partial charge in [0, 0.05) is 6.54 Å². The van der Waals surface area contributed by atoms with Crippen LogP contribution in [0.15, 0.2) is 36.4 Å². The summed E-state index contributed by atoms with van der Waals surface area (Å²) in [7, 11) is 3.13. The quantitative estimate of drug-likeness (QED) is 0.495. The van der Waals surface area contributed by atoms with Crippen molar-refractivity contribution >= 4 is 27.5 Å². The Morgan fingerprint density at radius 3 is 2.69 bits per heavy atom. The zero-order valence-corrected chi connectivity index (χ0v) is 16.6. The summed E-state index contributed by atoms with van der Waals surface area (Å²) in [5.74, 6) is 2.18. The van der Waals surface area contributed by atoms with Crippen molar-refractivity contribution in [1.82, 2.24) is 4.90 Å². The number of carbonyl (C=O) groups excluding carboxylic acids is 1. The fourth-order valence-electron chi connectivity index (χ4n) is 4.50. The molecule has 0 bridgehead atoms. The van der Waals surface area contributed by atoms with Gasteiger partial charge in [0.05, 0.1) is 14.2 Å². The SMILES string of the molecule is COC(=O)[C@@H]1CCCN1Cc1cc2cc3c(cc2c2cc(OC)ccc12)OCO3. The number of likely N-dealkylation sites (tertiary alicyclic amines) is 1. The fraction of sp³-hybridized carbons (Fsp3) is 0.348. The summed E-state index contributed by atoms with van der Waals surface area (Å²) in [5, 5.41) is 4.42. The molecule has 0 unspecified atom stereocenters. The zero-order valence-electron chi connectivity index (χ0n) is 16.6. The maximum atomic E-state index is 12.2. The number of hydrogen-bond acceptors (Lipinski definition) is 6. The van der Waals surface area contributed by atoms with Crippen LogP contribution < -0.4 is 14.2 Å². The number of ether oxygens (including phenoxy) is 4. The van der Waals surface area contributed by atoms with E-state index >= 15 is 0 Å². The van der Waals surface area contributed by atoms with Crippen molar-refractivity contribution in [3.8, 4) is 17.2 Å². The van der Waals surface area contributed by atoms with Gasteiger partial charge in [0.15, 0.2) is 11.5 Å². The molecule has 3 aromatic carbocycles. The number of rotatable bonds is 4. The van der Waals surface area contributed by atoms with Crippen LogP contribution in [0.1, 0.15) is 18.4 Å². The molecule has 2 aliphatic heterocycles. The Kier molecular flexibility index (Phi) is 4.43. The van der Waals surface area contributed by atoms with E-state index in [0.29, 0.717) is 6.54 Å². The van der Waals surface area contributed by atoms with Gasteiger partial charge in [-0.3, -0.25) is 9.69 Å². The van der Waals surface area contributed by atoms with E-state index in [1.54, 1.807) is 7.11 Å². The van der Waals surface area contributed by atoms with Crippen LogP contribution in [0.5, 0.6) is 17.2 Å². The minimum atomic E-state index is -0.180. The van der Waals surface area contributed by atoms with Crippen LogP contribution in [0.2, 0.25) is 0 Å². The predicted molar refractivity (Wildman–Crippen MR) is 110 cm³/mol. The largest absolute Gasteiger partial charge is 0.497 e. The van der Waals surface area contributed by atoms with E-state index in [0.717, 1.165) is 58.2 Å². The third-order valence-electron chi connectivity index (χ3n) is 5.95. The van der Waals surface area contributed by atoms with Crippen LogP contribution >= 0.6 is 0 Å². The highest BCUT2D eigenvalue weighted by molar-refractivity contribution is 6.10. The predicted octanol–water partition coefficient (Wildman–Crippen LogP) is 3.87. The zero-order chi connectivity index (χ0) is 20.0. The van der Waals surface area contributed by atoms with Crippen LogP contribution in [-0.4, -0.2) is 44.5 Å². The second-order valence-corrected chi connectivity index (χ2v) is 7.53. The molecule has 0 aromatic heterocycles. The lowest BCUT2D eigenvalue weighted by Crippen LogP contribution is -2.36. The topological polar surface area (TPSA) is 57.2 Å². The molecule has 0 N–H and O–H groups in total. The van der Waals surface area contributed by atoms with Crippen molar-refractivity contribution in [2.24, 2.45) is 0 Å². The molecular weight excluding hydrogens is 370 g/mol. The van der Waals surface area contributed by atoms with Gasteiger partial charge in [-0.15, -0.1) is 0 Å². The standard InChI is InChI=1S/C23H23NO5/c1-26-16-5-6-17-15(12-24-7-3-4-20(24)23(25)27-2)8-14-9-21-22(29-13-28-21)11-18(14)19(17)10-16/h5-6,8-11,20H,3-4,7,12-13H2,1-2H3/t20-/m0/s1. The molecule has 6 heteroatoms. The minimum absolute atomic E-state index is 0.155. The van der Waals surface area contributed by atoms with Gasteiger partial charge < -0.3 is 18.9 Å². The van der Waals surface area contributed by atoms with Crippen molar-refractivity contribution in [3.63, 3.8) is 0 Å².